The molecular formula is C15H15Cl2NO3. The molecule has 1 aromatic rings. The molecule has 0 aliphatic heterocycles. The molecule has 0 fully saturated rings. The Balaban J connectivity index is 2.33. The zero-order chi connectivity index (χ0) is 15.6. The monoisotopic (exact) mass is 327 g/mol. The average molecular weight is 328 g/mol. The number of nitro groups is 1. The van der Waals surface area contributed by atoms with E-state index in [-0.39, 0.29) is 27.4 Å². The Labute approximate surface area is 133 Å². The molecule has 21 heavy (non-hydrogen) atoms. The highest BCUT2D eigenvalue weighted by Crippen LogP contribution is 2.40. The number of allylic oxidation sites excluding steroid dienone is 4. The summed E-state index contributed by atoms with van der Waals surface area (Å²) in [6, 6.07) is 2.48. The van der Waals surface area contributed by atoms with Crippen molar-refractivity contribution in [2.24, 2.45) is 11.8 Å². The molecule has 0 N–H and O–H groups in total. The standard InChI is InChI=1S/C15H15Cl2NO3/c1-9(2)11-5-3-4-6-14(11)21-15-12(16)7-10(18(19)20)8-13(15)17/h3-4,6-9,11H,5H2,1-2H3. The SMILES string of the molecule is CC(C)C1CC=CC=C1Oc1c(Cl)cc([N+](=O)[O-])cc1Cl. The lowest BCUT2D eigenvalue weighted by molar-refractivity contribution is -0.384. The van der Waals surface area contributed by atoms with Crippen LogP contribution in [0.3, 0.4) is 0 Å². The molecule has 6 heteroatoms. The molecule has 112 valence electrons. The minimum atomic E-state index is -0.541. The lowest BCUT2D eigenvalue weighted by Crippen LogP contribution is -2.17. The summed E-state index contributed by atoms with van der Waals surface area (Å²) < 4.78 is 5.85. The normalized spacial score (nSPS) is 17.8. The van der Waals surface area contributed by atoms with E-state index < -0.39 is 4.92 Å². The van der Waals surface area contributed by atoms with Gasteiger partial charge in [0.2, 0.25) is 0 Å². The summed E-state index contributed by atoms with van der Waals surface area (Å²) in [6.45, 7) is 4.22. The van der Waals surface area contributed by atoms with E-state index in [0.717, 1.165) is 12.2 Å². The van der Waals surface area contributed by atoms with Crippen molar-refractivity contribution in [1.29, 1.82) is 0 Å². The number of halogens is 2. The quantitative estimate of drug-likeness (QED) is 0.549. The zero-order valence-electron chi connectivity index (χ0n) is 11.7. The van der Waals surface area contributed by atoms with Crippen molar-refractivity contribution in [3.05, 3.63) is 56.3 Å². The first-order valence-corrected chi connectivity index (χ1v) is 7.33. The second kappa shape index (κ2) is 6.50. The number of hydrogen-bond donors (Lipinski definition) is 0. The minimum absolute atomic E-state index is 0.132. The van der Waals surface area contributed by atoms with Crippen LogP contribution in [0.5, 0.6) is 5.75 Å². The van der Waals surface area contributed by atoms with Gasteiger partial charge in [-0.2, -0.15) is 0 Å². The van der Waals surface area contributed by atoms with Gasteiger partial charge in [0.15, 0.2) is 5.75 Å². The number of benzene rings is 1. The van der Waals surface area contributed by atoms with Crippen LogP contribution in [-0.4, -0.2) is 4.92 Å². The van der Waals surface area contributed by atoms with Gasteiger partial charge in [0.25, 0.3) is 5.69 Å². The van der Waals surface area contributed by atoms with Gasteiger partial charge >= 0.3 is 0 Å². The molecule has 1 aliphatic carbocycles. The van der Waals surface area contributed by atoms with Crippen LogP contribution in [0.25, 0.3) is 0 Å². The van der Waals surface area contributed by atoms with Gasteiger partial charge in [-0.05, 0) is 18.4 Å². The van der Waals surface area contributed by atoms with Crippen LogP contribution in [0.15, 0.2) is 36.1 Å². The van der Waals surface area contributed by atoms with Crippen molar-refractivity contribution < 1.29 is 9.66 Å². The fourth-order valence-electron chi connectivity index (χ4n) is 2.21. The van der Waals surface area contributed by atoms with Crippen molar-refractivity contribution >= 4 is 28.9 Å². The topological polar surface area (TPSA) is 52.4 Å². The maximum atomic E-state index is 10.8. The molecule has 0 radical (unpaired) electrons. The number of rotatable bonds is 4. The Morgan fingerprint density at radius 2 is 1.95 bits per heavy atom. The summed E-state index contributed by atoms with van der Waals surface area (Å²) >= 11 is 12.1. The Morgan fingerprint density at radius 1 is 1.33 bits per heavy atom. The van der Waals surface area contributed by atoms with Crippen LogP contribution in [0.2, 0.25) is 10.0 Å². The highest BCUT2D eigenvalue weighted by Gasteiger charge is 2.24. The Hall–Kier alpha value is -1.52. The maximum Gasteiger partial charge on any atom is 0.272 e. The molecular weight excluding hydrogens is 313 g/mol. The van der Waals surface area contributed by atoms with Gasteiger partial charge in [-0.1, -0.05) is 49.2 Å². The van der Waals surface area contributed by atoms with Gasteiger partial charge in [-0.15, -0.1) is 0 Å². The van der Waals surface area contributed by atoms with Gasteiger partial charge in [0, 0.05) is 18.1 Å². The molecule has 1 unspecified atom stereocenters. The van der Waals surface area contributed by atoms with Crippen LogP contribution in [0.4, 0.5) is 5.69 Å². The highest BCUT2D eigenvalue weighted by molar-refractivity contribution is 6.37. The Morgan fingerprint density at radius 3 is 2.48 bits per heavy atom. The predicted octanol–water partition coefficient (Wildman–Crippen LogP) is 5.40. The fraction of sp³-hybridized carbons (Fsp3) is 0.333. The molecule has 0 aromatic heterocycles. The molecule has 0 saturated heterocycles. The largest absolute Gasteiger partial charge is 0.458 e. The Kier molecular flexibility index (Phi) is 4.91. The predicted molar refractivity (Wildman–Crippen MR) is 83.9 cm³/mol. The van der Waals surface area contributed by atoms with E-state index in [9.17, 15) is 10.1 Å². The summed E-state index contributed by atoms with van der Waals surface area (Å²) in [5, 5.41) is 11.0. The zero-order valence-corrected chi connectivity index (χ0v) is 13.2. The van der Waals surface area contributed by atoms with Crippen molar-refractivity contribution in [2.75, 3.05) is 0 Å². The number of hydrogen-bond acceptors (Lipinski definition) is 3. The second-order valence-electron chi connectivity index (χ2n) is 5.18. The third kappa shape index (κ3) is 3.57. The van der Waals surface area contributed by atoms with Crippen molar-refractivity contribution in [3.8, 4) is 5.75 Å². The van der Waals surface area contributed by atoms with Crippen LogP contribution >= 0.6 is 23.2 Å². The highest BCUT2D eigenvalue weighted by atomic mass is 35.5. The molecule has 1 atom stereocenters. The molecule has 0 saturated carbocycles. The molecule has 0 heterocycles. The first-order valence-electron chi connectivity index (χ1n) is 6.58. The fourth-order valence-corrected chi connectivity index (χ4v) is 2.76. The maximum absolute atomic E-state index is 10.8. The number of nitro benzene ring substituents is 1. The second-order valence-corrected chi connectivity index (χ2v) is 6.00. The van der Waals surface area contributed by atoms with E-state index in [0.29, 0.717) is 5.92 Å². The molecule has 0 spiro atoms. The van der Waals surface area contributed by atoms with E-state index in [2.05, 4.69) is 19.9 Å². The number of non-ortho nitro benzene ring substituents is 1. The molecule has 0 bridgehead atoms. The molecule has 0 amide bonds. The van der Waals surface area contributed by atoms with Crippen LogP contribution in [0, 0.1) is 22.0 Å². The molecule has 2 rings (SSSR count). The van der Waals surface area contributed by atoms with Crippen LogP contribution in [-0.2, 0) is 0 Å². The summed E-state index contributed by atoms with van der Waals surface area (Å²) in [7, 11) is 0. The summed E-state index contributed by atoms with van der Waals surface area (Å²) in [5.74, 6) is 1.66. The molecule has 4 nitrogen and oxygen atoms in total. The average Bonchev–Trinajstić information content (AvgIpc) is 2.42. The first-order chi connectivity index (χ1) is 9.90. The third-order valence-electron chi connectivity index (χ3n) is 3.37. The van der Waals surface area contributed by atoms with E-state index in [1.54, 1.807) is 0 Å². The van der Waals surface area contributed by atoms with Gasteiger partial charge in [0.05, 0.1) is 15.0 Å². The molecule has 1 aromatic carbocycles. The van der Waals surface area contributed by atoms with Gasteiger partial charge in [-0.25, -0.2) is 0 Å². The Bertz CT molecular complexity index is 600. The summed E-state index contributed by atoms with van der Waals surface area (Å²) in [6.07, 6.45) is 6.76. The van der Waals surface area contributed by atoms with Gasteiger partial charge < -0.3 is 4.74 Å². The summed E-state index contributed by atoms with van der Waals surface area (Å²) in [4.78, 5) is 10.2. The smallest absolute Gasteiger partial charge is 0.272 e. The van der Waals surface area contributed by atoms with E-state index in [1.807, 2.05) is 12.2 Å². The summed E-state index contributed by atoms with van der Waals surface area (Å²) in [5.41, 5.74) is -0.157. The van der Waals surface area contributed by atoms with Crippen molar-refractivity contribution in [2.45, 2.75) is 20.3 Å². The number of ether oxygens (including phenoxy) is 1. The lowest BCUT2D eigenvalue weighted by Gasteiger charge is -2.25. The first kappa shape index (κ1) is 15.9. The van der Waals surface area contributed by atoms with Crippen LogP contribution < -0.4 is 4.74 Å². The molecule has 1 aliphatic rings. The van der Waals surface area contributed by atoms with Crippen molar-refractivity contribution in [3.63, 3.8) is 0 Å². The lowest BCUT2D eigenvalue weighted by atomic mass is 9.88. The van der Waals surface area contributed by atoms with E-state index in [1.165, 1.54) is 12.1 Å². The van der Waals surface area contributed by atoms with Crippen LogP contribution in [0.1, 0.15) is 20.3 Å². The van der Waals surface area contributed by atoms with Crippen molar-refractivity contribution in [1.82, 2.24) is 0 Å². The van der Waals surface area contributed by atoms with E-state index in [4.69, 9.17) is 27.9 Å². The minimum Gasteiger partial charge on any atom is -0.458 e. The van der Waals surface area contributed by atoms with E-state index >= 15 is 0 Å². The van der Waals surface area contributed by atoms with Gasteiger partial charge in [0.1, 0.15) is 5.76 Å². The third-order valence-corrected chi connectivity index (χ3v) is 3.93. The van der Waals surface area contributed by atoms with Gasteiger partial charge in [-0.3, -0.25) is 10.1 Å². The number of nitrogens with zero attached hydrogens (tertiary/aromatic N) is 1.